The minimum atomic E-state index is -1.07. The highest BCUT2D eigenvalue weighted by atomic mass is 16.5. The quantitative estimate of drug-likeness (QED) is 0.703. The predicted octanol–water partition coefficient (Wildman–Crippen LogP) is 1.43. The molecular weight excluding hydrogens is 198 g/mol. The Morgan fingerprint density at radius 3 is 2.60 bits per heavy atom. The van der Waals surface area contributed by atoms with E-state index in [-0.39, 0.29) is 18.4 Å². The summed E-state index contributed by atoms with van der Waals surface area (Å²) in [5, 5.41) is 19.7. The zero-order valence-electron chi connectivity index (χ0n) is 8.30. The third-order valence-corrected chi connectivity index (χ3v) is 1.71. The van der Waals surface area contributed by atoms with E-state index in [1.165, 1.54) is 12.1 Å². The topological polar surface area (TPSA) is 78.8 Å². The molecule has 0 saturated carbocycles. The van der Waals surface area contributed by atoms with Gasteiger partial charge < -0.3 is 20.3 Å². The van der Waals surface area contributed by atoms with Crippen LogP contribution in [0.1, 0.15) is 6.92 Å². The second kappa shape index (κ2) is 5.09. The molecule has 1 rings (SSSR count). The molecule has 1 atom stereocenters. The van der Waals surface area contributed by atoms with Crippen LogP contribution in [0.15, 0.2) is 24.3 Å². The fraction of sp³-hybridized carbons (Fsp3) is 0.300. The molecule has 3 N–H and O–H groups in total. The first-order valence-corrected chi connectivity index (χ1v) is 4.49. The standard InChI is InChI=1S/C10H13NO4/c1-7(11-10(13)14)6-15-9-4-2-8(12)3-5-9/h2-5,7,11-12H,6H2,1H3,(H,13,14)/t7-/m0/s1. The number of hydrogen-bond donors (Lipinski definition) is 3. The molecule has 1 aromatic rings. The number of nitrogens with one attached hydrogen (secondary N) is 1. The number of phenolic OH excluding ortho intramolecular Hbond substituents is 1. The van der Waals surface area contributed by atoms with Gasteiger partial charge in [-0.1, -0.05) is 0 Å². The molecule has 0 aromatic heterocycles. The maximum atomic E-state index is 10.3. The normalized spacial score (nSPS) is 11.8. The summed E-state index contributed by atoms with van der Waals surface area (Å²) >= 11 is 0. The van der Waals surface area contributed by atoms with Crippen LogP contribution in [0, 0.1) is 0 Å². The number of hydrogen-bond acceptors (Lipinski definition) is 3. The van der Waals surface area contributed by atoms with Crippen LogP contribution in [0.3, 0.4) is 0 Å². The smallest absolute Gasteiger partial charge is 0.404 e. The zero-order chi connectivity index (χ0) is 11.3. The van der Waals surface area contributed by atoms with Gasteiger partial charge in [0.25, 0.3) is 0 Å². The molecule has 5 nitrogen and oxygen atoms in total. The van der Waals surface area contributed by atoms with E-state index in [0.717, 1.165) is 0 Å². The van der Waals surface area contributed by atoms with Gasteiger partial charge in [0.1, 0.15) is 18.1 Å². The van der Waals surface area contributed by atoms with Gasteiger partial charge in [0.15, 0.2) is 0 Å². The zero-order valence-corrected chi connectivity index (χ0v) is 8.30. The molecule has 1 aromatic carbocycles. The van der Waals surface area contributed by atoms with Gasteiger partial charge in [0.2, 0.25) is 0 Å². The summed E-state index contributed by atoms with van der Waals surface area (Å²) in [6, 6.07) is 5.96. The van der Waals surface area contributed by atoms with Gasteiger partial charge in [0, 0.05) is 0 Å². The van der Waals surface area contributed by atoms with Crippen molar-refractivity contribution in [2.75, 3.05) is 6.61 Å². The van der Waals surface area contributed by atoms with E-state index in [4.69, 9.17) is 14.9 Å². The van der Waals surface area contributed by atoms with Crippen LogP contribution in [0.5, 0.6) is 11.5 Å². The lowest BCUT2D eigenvalue weighted by Crippen LogP contribution is -2.35. The van der Waals surface area contributed by atoms with E-state index in [1.807, 2.05) is 0 Å². The molecule has 0 aliphatic heterocycles. The molecule has 0 unspecified atom stereocenters. The average Bonchev–Trinajstić information content (AvgIpc) is 2.16. The Bertz CT molecular complexity index is 323. The van der Waals surface area contributed by atoms with Crippen LogP contribution in [-0.4, -0.2) is 29.0 Å². The third-order valence-electron chi connectivity index (χ3n) is 1.71. The second-order valence-electron chi connectivity index (χ2n) is 3.16. The van der Waals surface area contributed by atoms with Crippen molar-refractivity contribution in [1.82, 2.24) is 5.32 Å². The predicted molar refractivity (Wildman–Crippen MR) is 54.2 cm³/mol. The van der Waals surface area contributed by atoms with Gasteiger partial charge in [-0.3, -0.25) is 0 Å². The first kappa shape index (κ1) is 11.2. The summed E-state index contributed by atoms with van der Waals surface area (Å²) in [7, 11) is 0. The van der Waals surface area contributed by atoms with Crippen LogP contribution in [-0.2, 0) is 0 Å². The average molecular weight is 211 g/mol. The monoisotopic (exact) mass is 211 g/mol. The number of ether oxygens (including phenoxy) is 1. The third kappa shape index (κ3) is 4.21. The molecule has 5 heteroatoms. The van der Waals surface area contributed by atoms with Crippen LogP contribution in [0.4, 0.5) is 4.79 Å². The molecule has 0 saturated heterocycles. The van der Waals surface area contributed by atoms with Gasteiger partial charge in [-0.05, 0) is 31.2 Å². The van der Waals surface area contributed by atoms with E-state index >= 15 is 0 Å². The number of carbonyl (C=O) groups is 1. The van der Waals surface area contributed by atoms with Crippen molar-refractivity contribution >= 4 is 6.09 Å². The highest BCUT2D eigenvalue weighted by molar-refractivity contribution is 5.64. The number of carboxylic acid groups (broad SMARTS) is 1. The molecule has 0 heterocycles. The fourth-order valence-electron chi connectivity index (χ4n) is 1.02. The number of benzene rings is 1. The summed E-state index contributed by atoms with van der Waals surface area (Å²) in [6.45, 7) is 1.95. The van der Waals surface area contributed by atoms with Gasteiger partial charge in [-0.15, -0.1) is 0 Å². The first-order valence-electron chi connectivity index (χ1n) is 4.49. The number of phenols is 1. The number of amides is 1. The van der Waals surface area contributed by atoms with E-state index < -0.39 is 6.09 Å². The maximum absolute atomic E-state index is 10.3. The first-order chi connectivity index (χ1) is 7.08. The lowest BCUT2D eigenvalue weighted by Gasteiger charge is -2.12. The van der Waals surface area contributed by atoms with Crippen molar-refractivity contribution in [3.63, 3.8) is 0 Å². The van der Waals surface area contributed by atoms with Gasteiger partial charge in [-0.25, -0.2) is 4.79 Å². The van der Waals surface area contributed by atoms with E-state index in [2.05, 4.69) is 5.32 Å². The minimum absolute atomic E-state index is 0.166. The summed E-state index contributed by atoms with van der Waals surface area (Å²) in [5.74, 6) is 0.755. The molecule has 0 radical (unpaired) electrons. The summed E-state index contributed by atoms with van der Waals surface area (Å²) in [4.78, 5) is 10.3. The Hall–Kier alpha value is -1.91. The number of rotatable bonds is 4. The Kier molecular flexibility index (Phi) is 3.79. The highest BCUT2D eigenvalue weighted by Crippen LogP contribution is 2.15. The lowest BCUT2D eigenvalue weighted by atomic mass is 10.3. The van der Waals surface area contributed by atoms with E-state index in [9.17, 15) is 4.79 Å². The van der Waals surface area contributed by atoms with Crippen LogP contribution in [0.2, 0.25) is 0 Å². The van der Waals surface area contributed by atoms with Gasteiger partial charge in [-0.2, -0.15) is 0 Å². The maximum Gasteiger partial charge on any atom is 0.404 e. The van der Waals surface area contributed by atoms with E-state index in [0.29, 0.717) is 5.75 Å². The van der Waals surface area contributed by atoms with Crippen molar-refractivity contribution in [3.8, 4) is 11.5 Å². The summed E-state index contributed by atoms with van der Waals surface area (Å²) in [5.41, 5.74) is 0. The molecule has 1 amide bonds. The Labute approximate surface area is 87.3 Å². The molecule has 0 fully saturated rings. The van der Waals surface area contributed by atoms with Gasteiger partial charge >= 0.3 is 6.09 Å². The van der Waals surface area contributed by atoms with Crippen molar-refractivity contribution < 1.29 is 19.7 Å². The van der Waals surface area contributed by atoms with Crippen molar-refractivity contribution in [2.24, 2.45) is 0 Å². The van der Waals surface area contributed by atoms with Crippen LogP contribution < -0.4 is 10.1 Å². The van der Waals surface area contributed by atoms with Crippen molar-refractivity contribution in [1.29, 1.82) is 0 Å². The molecule has 0 bridgehead atoms. The Balaban J connectivity index is 2.36. The Morgan fingerprint density at radius 2 is 2.07 bits per heavy atom. The molecule has 0 aliphatic carbocycles. The number of aromatic hydroxyl groups is 1. The fourth-order valence-corrected chi connectivity index (χ4v) is 1.02. The summed E-state index contributed by atoms with van der Waals surface area (Å²) in [6.07, 6.45) is -1.07. The largest absolute Gasteiger partial charge is 0.508 e. The SMILES string of the molecule is C[C@@H](COc1ccc(O)cc1)NC(=O)O. The highest BCUT2D eigenvalue weighted by Gasteiger charge is 2.05. The van der Waals surface area contributed by atoms with Crippen molar-refractivity contribution in [3.05, 3.63) is 24.3 Å². The molecule has 0 aliphatic rings. The van der Waals surface area contributed by atoms with Crippen molar-refractivity contribution in [2.45, 2.75) is 13.0 Å². The summed E-state index contributed by atoms with van der Waals surface area (Å²) < 4.78 is 5.29. The van der Waals surface area contributed by atoms with Crippen LogP contribution >= 0.6 is 0 Å². The minimum Gasteiger partial charge on any atom is -0.508 e. The molecular formula is C10H13NO4. The van der Waals surface area contributed by atoms with Gasteiger partial charge in [0.05, 0.1) is 6.04 Å². The van der Waals surface area contributed by atoms with E-state index in [1.54, 1.807) is 19.1 Å². The second-order valence-corrected chi connectivity index (χ2v) is 3.16. The Morgan fingerprint density at radius 1 is 1.47 bits per heavy atom. The van der Waals surface area contributed by atoms with Crippen LogP contribution in [0.25, 0.3) is 0 Å². The molecule has 15 heavy (non-hydrogen) atoms. The molecule has 82 valence electrons. The lowest BCUT2D eigenvalue weighted by molar-refractivity contribution is 0.183. The molecule has 0 spiro atoms.